The molecular formula is C17H24N2O4S. The number of carbonyl (C=O) groups is 1. The van der Waals surface area contributed by atoms with Gasteiger partial charge in [-0.15, -0.1) is 0 Å². The summed E-state index contributed by atoms with van der Waals surface area (Å²) in [5, 5.41) is 3.04. The van der Waals surface area contributed by atoms with Crippen LogP contribution in [0.1, 0.15) is 36.0 Å². The van der Waals surface area contributed by atoms with E-state index in [-0.39, 0.29) is 16.8 Å². The lowest BCUT2D eigenvalue weighted by Gasteiger charge is -2.29. The van der Waals surface area contributed by atoms with Gasteiger partial charge >= 0.3 is 0 Å². The Bertz CT molecular complexity index is 700. The second kappa shape index (κ2) is 7.21. The van der Waals surface area contributed by atoms with Crippen LogP contribution in [0.5, 0.6) is 0 Å². The minimum absolute atomic E-state index is 0.0908. The fraction of sp³-hybridized carbons (Fsp3) is 0.588. The van der Waals surface area contributed by atoms with Crippen LogP contribution in [0.3, 0.4) is 0 Å². The number of benzene rings is 1. The van der Waals surface area contributed by atoms with E-state index in [2.05, 4.69) is 5.32 Å². The average molecular weight is 352 g/mol. The van der Waals surface area contributed by atoms with Gasteiger partial charge in [0.1, 0.15) is 0 Å². The minimum atomic E-state index is -3.47. The molecule has 1 aromatic rings. The van der Waals surface area contributed by atoms with Gasteiger partial charge in [0, 0.05) is 37.7 Å². The van der Waals surface area contributed by atoms with Crippen molar-refractivity contribution >= 4 is 15.9 Å². The van der Waals surface area contributed by atoms with Gasteiger partial charge in [0.15, 0.2) is 0 Å². The number of ether oxygens (including phenoxy) is 1. The maximum Gasteiger partial charge on any atom is 0.251 e. The maximum atomic E-state index is 12.5. The lowest BCUT2D eigenvalue weighted by Crippen LogP contribution is -2.42. The van der Waals surface area contributed by atoms with E-state index in [9.17, 15) is 13.2 Å². The lowest BCUT2D eigenvalue weighted by molar-refractivity contribution is 0.0898. The number of carbonyl (C=O) groups excluding carboxylic acids is 1. The van der Waals surface area contributed by atoms with Crippen LogP contribution in [0.2, 0.25) is 0 Å². The highest BCUT2D eigenvalue weighted by Crippen LogP contribution is 2.26. The van der Waals surface area contributed by atoms with Crippen LogP contribution in [0.15, 0.2) is 29.2 Å². The van der Waals surface area contributed by atoms with E-state index in [1.165, 1.54) is 10.4 Å². The first-order chi connectivity index (χ1) is 11.5. The third-order valence-corrected chi connectivity index (χ3v) is 6.80. The molecule has 24 heavy (non-hydrogen) atoms. The van der Waals surface area contributed by atoms with Gasteiger partial charge in [-0.25, -0.2) is 8.42 Å². The first-order valence-electron chi connectivity index (χ1n) is 8.42. The van der Waals surface area contributed by atoms with Crippen LogP contribution in [0.25, 0.3) is 0 Å². The lowest BCUT2D eigenvalue weighted by atomic mass is 10.0. The number of rotatable bonds is 6. The molecule has 2 atom stereocenters. The Hall–Kier alpha value is -1.44. The molecule has 0 unspecified atom stereocenters. The number of hydrogen-bond donors (Lipinski definition) is 1. The summed E-state index contributed by atoms with van der Waals surface area (Å²) >= 11 is 0. The normalized spacial score (nSPS) is 24.5. The number of hydrogen-bond acceptors (Lipinski definition) is 4. The second-order valence-corrected chi connectivity index (χ2v) is 8.45. The molecule has 1 aliphatic carbocycles. The molecule has 1 aromatic carbocycles. The molecule has 1 amide bonds. The summed E-state index contributed by atoms with van der Waals surface area (Å²) in [5.74, 6) is 0.107. The molecule has 3 rings (SSSR count). The fourth-order valence-electron chi connectivity index (χ4n) is 3.37. The number of nitrogens with one attached hydrogen (secondary N) is 1. The second-order valence-electron chi connectivity index (χ2n) is 6.51. The smallest absolute Gasteiger partial charge is 0.251 e. The van der Waals surface area contributed by atoms with Crippen molar-refractivity contribution in [1.82, 2.24) is 9.62 Å². The summed E-state index contributed by atoms with van der Waals surface area (Å²) in [6.07, 6.45) is 3.94. The molecular weight excluding hydrogens is 328 g/mol. The summed E-state index contributed by atoms with van der Waals surface area (Å²) < 4.78 is 31.6. The van der Waals surface area contributed by atoms with Gasteiger partial charge in [0.2, 0.25) is 10.0 Å². The van der Waals surface area contributed by atoms with Crippen molar-refractivity contribution in [3.63, 3.8) is 0 Å². The molecule has 1 heterocycles. The molecule has 0 bridgehead atoms. The zero-order chi connectivity index (χ0) is 17.2. The zero-order valence-corrected chi connectivity index (χ0v) is 14.7. The number of methoxy groups -OCH3 is 1. The Morgan fingerprint density at radius 3 is 2.75 bits per heavy atom. The van der Waals surface area contributed by atoms with Gasteiger partial charge in [0.25, 0.3) is 5.91 Å². The molecule has 1 N–H and O–H groups in total. The van der Waals surface area contributed by atoms with Crippen molar-refractivity contribution in [2.45, 2.75) is 36.6 Å². The standard InChI is InChI=1S/C17H24N2O4S/c1-23-12-14-6-3-8-16(14)18-17(20)13-5-2-7-15(11-13)24(21,22)19-9-4-10-19/h2,5,7,11,14,16H,3-4,6,8-10,12H2,1H3,(H,18,20)/t14-,16-/m1/s1. The van der Waals surface area contributed by atoms with Gasteiger partial charge in [-0.05, 0) is 37.5 Å². The molecule has 2 fully saturated rings. The minimum Gasteiger partial charge on any atom is -0.384 e. The summed E-state index contributed by atoms with van der Waals surface area (Å²) in [7, 11) is -1.80. The van der Waals surface area contributed by atoms with Crippen LogP contribution in [-0.2, 0) is 14.8 Å². The summed E-state index contributed by atoms with van der Waals surface area (Å²) in [6, 6.07) is 6.40. The van der Waals surface area contributed by atoms with Crippen LogP contribution < -0.4 is 5.32 Å². The van der Waals surface area contributed by atoms with E-state index in [0.29, 0.717) is 31.2 Å². The Labute approximate surface area is 143 Å². The summed E-state index contributed by atoms with van der Waals surface area (Å²) in [6.45, 7) is 1.74. The van der Waals surface area contributed by atoms with Crippen LogP contribution in [0, 0.1) is 5.92 Å². The molecule has 132 valence electrons. The van der Waals surface area contributed by atoms with Crippen molar-refractivity contribution < 1.29 is 17.9 Å². The maximum absolute atomic E-state index is 12.5. The third-order valence-electron chi connectivity index (χ3n) is 4.91. The monoisotopic (exact) mass is 352 g/mol. The Kier molecular flexibility index (Phi) is 5.22. The predicted octanol–water partition coefficient (Wildman–Crippen LogP) is 1.63. The highest BCUT2D eigenvalue weighted by Gasteiger charge is 2.31. The molecule has 1 saturated carbocycles. The van der Waals surface area contributed by atoms with Crippen LogP contribution in [0.4, 0.5) is 0 Å². The van der Waals surface area contributed by atoms with Crippen molar-refractivity contribution in [2.24, 2.45) is 5.92 Å². The van der Waals surface area contributed by atoms with E-state index in [1.807, 2.05) is 0 Å². The van der Waals surface area contributed by atoms with Gasteiger partial charge in [-0.1, -0.05) is 12.5 Å². The Morgan fingerprint density at radius 2 is 2.08 bits per heavy atom. The van der Waals surface area contributed by atoms with Crippen LogP contribution >= 0.6 is 0 Å². The molecule has 2 aliphatic rings. The topological polar surface area (TPSA) is 75.7 Å². The van der Waals surface area contributed by atoms with E-state index in [4.69, 9.17) is 4.74 Å². The van der Waals surface area contributed by atoms with E-state index < -0.39 is 10.0 Å². The molecule has 7 heteroatoms. The largest absolute Gasteiger partial charge is 0.384 e. The molecule has 0 radical (unpaired) electrons. The number of amides is 1. The number of nitrogens with zero attached hydrogens (tertiary/aromatic N) is 1. The van der Waals surface area contributed by atoms with Gasteiger partial charge in [-0.2, -0.15) is 4.31 Å². The van der Waals surface area contributed by atoms with Gasteiger partial charge < -0.3 is 10.1 Å². The van der Waals surface area contributed by atoms with E-state index >= 15 is 0 Å². The Morgan fingerprint density at radius 1 is 1.29 bits per heavy atom. The van der Waals surface area contributed by atoms with Crippen molar-refractivity contribution in [2.75, 3.05) is 26.8 Å². The fourth-order valence-corrected chi connectivity index (χ4v) is 4.93. The highest BCUT2D eigenvalue weighted by molar-refractivity contribution is 7.89. The molecule has 6 nitrogen and oxygen atoms in total. The number of sulfonamides is 1. The first-order valence-corrected chi connectivity index (χ1v) is 9.86. The average Bonchev–Trinajstić information content (AvgIpc) is 2.93. The summed E-state index contributed by atoms with van der Waals surface area (Å²) in [5.41, 5.74) is 0.389. The highest BCUT2D eigenvalue weighted by atomic mass is 32.2. The van der Waals surface area contributed by atoms with E-state index in [0.717, 1.165) is 25.7 Å². The summed E-state index contributed by atoms with van der Waals surface area (Å²) in [4.78, 5) is 12.7. The van der Waals surface area contributed by atoms with Gasteiger partial charge in [0.05, 0.1) is 11.5 Å². The third kappa shape index (κ3) is 3.48. The quantitative estimate of drug-likeness (QED) is 0.844. The Balaban J connectivity index is 1.72. The molecule has 1 saturated heterocycles. The van der Waals surface area contributed by atoms with Crippen molar-refractivity contribution in [1.29, 1.82) is 0 Å². The predicted molar refractivity (Wildman–Crippen MR) is 90.3 cm³/mol. The SMILES string of the molecule is COC[C@H]1CCC[C@H]1NC(=O)c1cccc(S(=O)(=O)N2CCC2)c1. The molecule has 0 spiro atoms. The zero-order valence-electron chi connectivity index (χ0n) is 13.9. The van der Waals surface area contributed by atoms with Crippen LogP contribution in [-0.4, -0.2) is 51.5 Å². The van der Waals surface area contributed by atoms with Gasteiger partial charge in [-0.3, -0.25) is 4.79 Å². The first kappa shape index (κ1) is 17.4. The van der Waals surface area contributed by atoms with Crippen molar-refractivity contribution in [3.05, 3.63) is 29.8 Å². The molecule has 0 aromatic heterocycles. The van der Waals surface area contributed by atoms with E-state index in [1.54, 1.807) is 25.3 Å². The van der Waals surface area contributed by atoms with Crippen molar-refractivity contribution in [3.8, 4) is 0 Å². The molecule has 1 aliphatic heterocycles.